The number of benzene rings is 1. The van der Waals surface area contributed by atoms with Crippen LogP contribution in [0.1, 0.15) is 24.5 Å². The predicted molar refractivity (Wildman–Crippen MR) is 81.2 cm³/mol. The van der Waals surface area contributed by atoms with Gasteiger partial charge in [-0.2, -0.15) is 0 Å². The summed E-state index contributed by atoms with van der Waals surface area (Å²) in [4.78, 5) is 0. The van der Waals surface area contributed by atoms with Gasteiger partial charge in [0.1, 0.15) is 0 Å². The first kappa shape index (κ1) is 17.4. The maximum atomic E-state index is 9.97. The Bertz CT molecular complexity index is 345. The van der Waals surface area contributed by atoms with Crippen molar-refractivity contribution >= 4 is 11.6 Å². The van der Waals surface area contributed by atoms with Crippen molar-refractivity contribution in [3.8, 4) is 0 Å². The first-order valence-electron chi connectivity index (χ1n) is 6.95. The molecule has 1 rings (SSSR count). The first-order valence-corrected chi connectivity index (χ1v) is 7.32. The lowest BCUT2D eigenvalue weighted by Gasteiger charge is -2.12. The molecule has 1 aromatic rings. The van der Waals surface area contributed by atoms with E-state index in [1.165, 1.54) is 0 Å². The van der Waals surface area contributed by atoms with Crippen molar-refractivity contribution in [3.63, 3.8) is 0 Å². The van der Waals surface area contributed by atoms with Crippen molar-refractivity contribution in [1.29, 1.82) is 0 Å². The van der Waals surface area contributed by atoms with E-state index in [-0.39, 0.29) is 0 Å². The van der Waals surface area contributed by atoms with Crippen LogP contribution in [0.5, 0.6) is 0 Å². The molecule has 0 amide bonds. The summed E-state index contributed by atoms with van der Waals surface area (Å²) in [6.07, 6.45) is 1.54. The molecule has 0 aliphatic heterocycles. The largest absolute Gasteiger partial charge is 0.387 e. The smallest absolute Gasteiger partial charge is 0.0914 e. The molecular formula is C15H24ClNO3. The van der Waals surface area contributed by atoms with Gasteiger partial charge in [0.15, 0.2) is 0 Å². The van der Waals surface area contributed by atoms with E-state index >= 15 is 0 Å². The van der Waals surface area contributed by atoms with Crippen LogP contribution >= 0.6 is 11.6 Å². The van der Waals surface area contributed by atoms with Crippen LogP contribution in [-0.4, -0.2) is 45.1 Å². The highest BCUT2D eigenvalue weighted by Crippen LogP contribution is 2.15. The SMILES string of the molecule is COCCOCCCCNCC(O)c1ccc(Cl)cc1. The number of aliphatic hydroxyl groups is 1. The molecule has 20 heavy (non-hydrogen) atoms. The van der Waals surface area contributed by atoms with Crippen molar-refractivity contribution in [2.24, 2.45) is 0 Å². The Kier molecular flexibility index (Phi) is 9.62. The maximum Gasteiger partial charge on any atom is 0.0914 e. The van der Waals surface area contributed by atoms with E-state index in [2.05, 4.69) is 5.32 Å². The summed E-state index contributed by atoms with van der Waals surface area (Å²) in [5, 5.41) is 13.9. The van der Waals surface area contributed by atoms with Crippen LogP contribution in [-0.2, 0) is 9.47 Å². The van der Waals surface area contributed by atoms with E-state index in [0.29, 0.717) is 24.8 Å². The lowest BCUT2D eigenvalue weighted by atomic mass is 10.1. The number of aliphatic hydroxyl groups excluding tert-OH is 1. The molecule has 0 heterocycles. The Morgan fingerprint density at radius 1 is 1.15 bits per heavy atom. The molecule has 0 saturated heterocycles. The summed E-state index contributed by atoms with van der Waals surface area (Å²) in [5.41, 5.74) is 0.879. The molecule has 2 N–H and O–H groups in total. The van der Waals surface area contributed by atoms with Gasteiger partial charge >= 0.3 is 0 Å². The second-order valence-electron chi connectivity index (χ2n) is 4.58. The number of nitrogens with one attached hydrogen (secondary N) is 1. The summed E-state index contributed by atoms with van der Waals surface area (Å²) < 4.78 is 10.3. The number of halogens is 1. The quantitative estimate of drug-likeness (QED) is 0.616. The minimum atomic E-state index is -0.495. The minimum absolute atomic E-state index is 0.495. The molecule has 0 saturated carbocycles. The highest BCUT2D eigenvalue weighted by atomic mass is 35.5. The van der Waals surface area contributed by atoms with Gasteiger partial charge in [-0.3, -0.25) is 0 Å². The highest BCUT2D eigenvalue weighted by molar-refractivity contribution is 6.30. The number of methoxy groups -OCH3 is 1. The summed E-state index contributed by atoms with van der Waals surface area (Å²) in [6, 6.07) is 7.27. The van der Waals surface area contributed by atoms with Crippen LogP contribution in [0, 0.1) is 0 Å². The molecule has 0 bridgehead atoms. The van der Waals surface area contributed by atoms with Gasteiger partial charge in [0.05, 0.1) is 19.3 Å². The van der Waals surface area contributed by atoms with Gasteiger partial charge in [-0.15, -0.1) is 0 Å². The number of ether oxygens (including phenoxy) is 2. The molecule has 0 aliphatic carbocycles. The average Bonchev–Trinajstić information content (AvgIpc) is 2.46. The number of unbranched alkanes of at least 4 members (excludes halogenated alkanes) is 1. The third-order valence-electron chi connectivity index (χ3n) is 2.92. The lowest BCUT2D eigenvalue weighted by molar-refractivity contribution is 0.0687. The topological polar surface area (TPSA) is 50.7 Å². The van der Waals surface area contributed by atoms with Gasteiger partial charge < -0.3 is 19.9 Å². The van der Waals surface area contributed by atoms with Gasteiger partial charge in [-0.25, -0.2) is 0 Å². The van der Waals surface area contributed by atoms with Crippen molar-refractivity contribution in [2.45, 2.75) is 18.9 Å². The molecule has 1 atom stereocenters. The Morgan fingerprint density at radius 3 is 2.60 bits per heavy atom. The molecule has 1 aromatic carbocycles. The zero-order valence-corrected chi connectivity index (χ0v) is 12.7. The fraction of sp³-hybridized carbons (Fsp3) is 0.600. The Morgan fingerprint density at radius 2 is 1.90 bits per heavy atom. The second kappa shape index (κ2) is 11.1. The highest BCUT2D eigenvalue weighted by Gasteiger charge is 2.06. The van der Waals surface area contributed by atoms with Crippen molar-refractivity contribution in [1.82, 2.24) is 5.32 Å². The third kappa shape index (κ3) is 7.82. The molecular weight excluding hydrogens is 278 g/mol. The van der Waals surface area contributed by atoms with Crippen molar-refractivity contribution in [3.05, 3.63) is 34.9 Å². The summed E-state index contributed by atoms with van der Waals surface area (Å²) >= 11 is 5.81. The van der Waals surface area contributed by atoms with Crippen LogP contribution in [0.4, 0.5) is 0 Å². The van der Waals surface area contributed by atoms with Crippen LogP contribution in [0.15, 0.2) is 24.3 Å². The molecule has 1 unspecified atom stereocenters. The number of rotatable bonds is 11. The number of hydrogen-bond donors (Lipinski definition) is 2. The van der Waals surface area contributed by atoms with Gasteiger partial charge in [0, 0.05) is 25.3 Å². The first-order chi connectivity index (χ1) is 9.74. The second-order valence-corrected chi connectivity index (χ2v) is 5.02. The van der Waals surface area contributed by atoms with E-state index in [9.17, 15) is 5.11 Å². The summed E-state index contributed by atoms with van der Waals surface area (Å²) in [5.74, 6) is 0. The van der Waals surface area contributed by atoms with E-state index in [4.69, 9.17) is 21.1 Å². The molecule has 0 spiro atoms. The van der Waals surface area contributed by atoms with Crippen molar-refractivity contribution < 1.29 is 14.6 Å². The fourth-order valence-corrected chi connectivity index (χ4v) is 1.87. The molecule has 0 radical (unpaired) electrons. The third-order valence-corrected chi connectivity index (χ3v) is 3.17. The summed E-state index contributed by atoms with van der Waals surface area (Å²) in [7, 11) is 1.67. The standard InChI is InChI=1S/C15H24ClNO3/c1-19-10-11-20-9-3-2-8-17-12-15(18)13-4-6-14(16)7-5-13/h4-7,15,17-18H,2-3,8-12H2,1H3. The van der Waals surface area contributed by atoms with E-state index in [0.717, 1.165) is 31.6 Å². The Balaban J connectivity index is 1.99. The van der Waals surface area contributed by atoms with Crippen LogP contribution in [0.3, 0.4) is 0 Å². The molecule has 114 valence electrons. The number of hydrogen-bond acceptors (Lipinski definition) is 4. The molecule has 5 heteroatoms. The molecule has 4 nitrogen and oxygen atoms in total. The van der Waals surface area contributed by atoms with Crippen LogP contribution < -0.4 is 5.32 Å². The minimum Gasteiger partial charge on any atom is -0.387 e. The average molecular weight is 302 g/mol. The van der Waals surface area contributed by atoms with E-state index in [1.807, 2.05) is 12.1 Å². The monoisotopic (exact) mass is 301 g/mol. The zero-order valence-electron chi connectivity index (χ0n) is 12.0. The van der Waals surface area contributed by atoms with Crippen molar-refractivity contribution in [2.75, 3.05) is 40.0 Å². The lowest BCUT2D eigenvalue weighted by Crippen LogP contribution is -2.22. The van der Waals surface area contributed by atoms with E-state index in [1.54, 1.807) is 19.2 Å². The zero-order chi connectivity index (χ0) is 14.6. The molecule has 0 fully saturated rings. The fourth-order valence-electron chi connectivity index (χ4n) is 1.74. The Labute approximate surface area is 126 Å². The predicted octanol–water partition coefficient (Wildman–Crippen LogP) is 2.41. The van der Waals surface area contributed by atoms with E-state index < -0.39 is 6.10 Å². The van der Waals surface area contributed by atoms with Gasteiger partial charge in [-0.05, 0) is 37.1 Å². The summed E-state index contributed by atoms with van der Waals surface area (Å²) in [6.45, 7) is 3.47. The van der Waals surface area contributed by atoms with Crippen LogP contribution in [0.2, 0.25) is 5.02 Å². The normalized spacial score (nSPS) is 12.6. The van der Waals surface area contributed by atoms with Gasteiger partial charge in [0.2, 0.25) is 0 Å². The molecule has 0 aromatic heterocycles. The van der Waals surface area contributed by atoms with Gasteiger partial charge in [-0.1, -0.05) is 23.7 Å². The van der Waals surface area contributed by atoms with Gasteiger partial charge in [0.25, 0.3) is 0 Å². The maximum absolute atomic E-state index is 9.97. The Hall–Kier alpha value is -0.650. The van der Waals surface area contributed by atoms with Crippen LogP contribution in [0.25, 0.3) is 0 Å². The molecule has 0 aliphatic rings.